The van der Waals surface area contributed by atoms with E-state index in [-0.39, 0.29) is 24.3 Å². The van der Waals surface area contributed by atoms with Crippen LogP contribution < -0.4 is 10.1 Å². The molecule has 1 amide bonds. The molecule has 0 bridgehead atoms. The largest absolute Gasteiger partial charge is 0.490 e. The van der Waals surface area contributed by atoms with E-state index in [1.807, 2.05) is 0 Å². The topological polar surface area (TPSA) is 98.0 Å². The van der Waals surface area contributed by atoms with Crippen molar-refractivity contribution in [1.82, 2.24) is 5.32 Å². The van der Waals surface area contributed by atoms with Crippen molar-refractivity contribution in [2.75, 3.05) is 13.2 Å². The molecule has 0 saturated carbocycles. The minimum absolute atomic E-state index is 0.0636. The van der Waals surface area contributed by atoms with Gasteiger partial charge in [-0.2, -0.15) is 0 Å². The zero-order chi connectivity index (χ0) is 17.6. The highest BCUT2D eigenvalue weighted by atomic mass is 16.5. The minimum Gasteiger partial charge on any atom is -0.490 e. The molecule has 1 unspecified atom stereocenters. The number of para-hydroxylation sites is 1. The Hall–Kier alpha value is -2.80. The van der Waals surface area contributed by atoms with Gasteiger partial charge in [-0.15, -0.1) is 0 Å². The Bertz CT molecular complexity index is 748. The van der Waals surface area contributed by atoms with E-state index in [0.29, 0.717) is 23.7 Å². The summed E-state index contributed by atoms with van der Waals surface area (Å²) in [5.41, 5.74) is 0.408. The number of ether oxygens (including phenoxy) is 2. The van der Waals surface area contributed by atoms with Crippen LogP contribution in [0.25, 0.3) is 0 Å². The summed E-state index contributed by atoms with van der Waals surface area (Å²) in [6, 6.07) is 9.83. The normalized spacial score (nSPS) is 16.6. The summed E-state index contributed by atoms with van der Waals surface area (Å²) < 4.78 is 16.4. The number of rotatable bonds is 7. The molecule has 132 valence electrons. The van der Waals surface area contributed by atoms with Gasteiger partial charge in [0, 0.05) is 6.61 Å². The van der Waals surface area contributed by atoms with Gasteiger partial charge in [-0.25, -0.2) is 4.79 Å². The first-order valence-corrected chi connectivity index (χ1v) is 8.07. The maximum atomic E-state index is 12.4. The van der Waals surface area contributed by atoms with Gasteiger partial charge in [0.25, 0.3) is 5.91 Å². The van der Waals surface area contributed by atoms with Crippen molar-refractivity contribution in [2.45, 2.75) is 25.5 Å². The zero-order valence-electron chi connectivity index (χ0n) is 13.6. The van der Waals surface area contributed by atoms with Crippen LogP contribution in [0.3, 0.4) is 0 Å². The summed E-state index contributed by atoms with van der Waals surface area (Å²) in [6.07, 6.45) is 2.05. The molecule has 2 aromatic rings. The third-order valence-electron chi connectivity index (χ3n) is 3.88. The van der Waals surface area contributed by atoms with Crippen LogP contribution in [0.4, 0.5) is 0 Å². The fourth-order valence-corrected chi connectivity index (χ4v) is 2.59. The Labute approximate surface area is 144 Å². The number of hydrogen-bond donors (Lipinski definition) is 2. The third kappa shape index (κ3) is 4.39. The van der Waals surface area contributed by atoms with Crippen molar-refractivity contribution in [3.8, 4) is 5.75 Å². The van der Waals surface area contributed by atoms with E-state index in [9.17, 15) is 9.59 Å². The van der Waals surface area contributed by atoms with Gasteiger partial charge in [-0.05, 0) is 37.1 Å². The van der Waals surface area contributed by atoms with Gasteiger partial charge < -0.3 is 24.3 Å². The SMILES string of the molecule is O=C(O)c1ccc(CNC(=O)c2ccccc2OCC2CCCO2)o1. The summed E-state index contributed by atoms with van der Waals surface area (Å²) in [4.78, 5) is 23.2. The molecular formula is C18H19NO6. The highest BCUT2D eigenvalue weighted by Gasteiger charge is 2.18. The maximum Gasteiger partial charge on any atom is 0.371 e. The maximum absolute atomic E-state index is 12.4. The van der Waals surface area contributed by atoms with Gasteiger partial charge in [0.15, 0.2) is 0 Å². The molecule has 1 aromatic carbocycles. The van der Waals surface area contributed by atoms with Crippen molar-refractivity contribution >= 4 is 11.9 Å². The Kier molecular flexibility index (Phi) is 5.35. The standard InChI is InChI=1S/C18H19NO6/c20-17(19-10-12-7-8-16(25-12)18(21)22)14-5-1-2-6-15(14)24-11-13-4-3-9-23-13/h1-2,5-8,13H,3-4,9-11H2,(H,19,20)(H,21,22). The van der Waals surface area contributed by atoms with Crippen LogP contribution in [-0.4, -0.2) is 36.3 Å². The van der Waals surface area contributed by atoms with Crippen molar-refractivity contribution in [2.24, 2.45) is 0 Å². The molecule has 7 nitrogen and oxygen atoms in total. The number of carbonyl (C=O) groups excluding carboxylic acids is 1. The molecule has 25 heavy (non-hydrogen) atoms. The highest BCUT2D eigenvalue weighted by molar-refractivity contribution is 5.96. The lowest BCUT2D eigenvalue weighted by Crippen LogP contribution is -2.24. The monoisotopic (exact) mass is 345 g/mol. The molecule has 7 heteroatoms. The van der Waals surface area contributed by atoms with Gasteiger partial charge in [0.2, 0.25) is 5.76 Å². The predicted molar refractivity (Wildman–Crippen MR) is 87.7 cm³/mol. The second-order valence-corrected chi connectivity index (χ2v) is 5.70. The van der Waals surface area contributed by atoms with Gasteiger partial charge >= 0.3 is 5.97 Å². The highest BCUT2D eigenvalue weighted by Crippen LogP contribution is 2.20. The number of carboxylic acid groups (broad SMARTS) is 1. The second kappa shape index (κ2) is 7.85. The van der Waals surface area contributed by atoms with Crippen LogP contribution in [0.2, 0.25) is 0 Å². The lowest BCUT2D eigenvalue weighted by molar-refractivity contribution is 0.0659. The lowest BCUT2D eigenvalue weighted by Gasteiger charge is -2.14. The number of benzene rings is 1. The summed E-state index contributed by atoms with van der Waals surface area (Å²) in [5, 5.41) is 11.5. The smallest absolute Gasteiger partial charge is 0.371 e. The van der Waals surface area contributed by atoms with E-state index in [0.717, 1.165) is 19.4 Å². The number of carbonyl (C=O) groups is 2. The van der Waals surface area contributed by atoms with E-state index in [2.05, 4.69) is 5.32 Å². The molecule has 0 spiro atoms. The van der Waals surface area contributed by atoms with Crippen LogP contribution >= 0.6 is 0 Å². The lowest BCUT2D eigenvalue weighted by atomic mass is 10.2. The molecule has 2 heterocycles. The first kappa shape index (κ1) is 17.0. The third-order valence-corrected chi connectivity index (χ3v) is 3.88. The molecule has 1 aliphatic heterocycles. The van der Waals surface area contributed by atoms with Crippen LogP contribution in [0.1, 0.15) is 39.5 Å². The molecule has 1 saturated heterocycles. The number of hydrogen-bond acceptors (Lipinski definition) is 5. The van der Waals surface area contributed by atoms with Crippen molar-refractivity contribution in [3.05, 3.63) is 53.5 Å². The van der Waals surface area contributed by atoms with Gasteiger partial charge in [0.1, 0.15) is 18.1 Å². The first-order chi connectivity index (χ1) is 12.1. The van der Waals surface area contributed by atoms with Crippen LogP contribution in [0.5, 0.6) is 5.75 Å². The summed E-state index contributed by atoms with van der Waals surface area (Å²) >= 11 is 0. The van der Waals surface area contributed by atoms with Crippen LogP contribution in [0, 0.1) is 0 Å². The number of aromatic carboxylic acids is 1. The molecule has 3 rings (SSSR count). The van der Waals surface area contributed by atoms with E-state index in [1.165, 1.54) is 12.1 Å². The Morgan fingerprint density at radius 2 is 2.08 bits per heavy atom. The average Bonchev–Trinajstić information content (AvgIpc) is 3.30. The van der Waals surface area contributed by atoms with E-state index in [4.69, 9.17) is 19.0 Å². The Balaban J connectivity index is 1.59. The number of carboxylic acids is 1. The zero-order valence-corrected chi connectivity index (χ0v) is 13.6. The quantitative estimate of drug-likeness (QED) is 0.800. The average molecular weight is 345 g/mol. The van der Waals surface area contributed by atoms with Crippen LogP contribution in [-0.2, 0) is 11.3 Å². The first-order valence-electron chi connectivity index (χ1n) is 8.07. The van der Waals surface area contributed by atoms with Crippen molar-refractivity contribution < 1.29 is 28.6 Å². The predicted octanol–water partition coefficient (Wildman–Crippen LogP) is 2.47. The van der Waals surface area contributed by atoms with Gasteiger partial charge in [0.05, 0.1) is 18.2 Å². The molecule has 0 radical (unpaired) electrons. The second-order valence-electron chi connectivity index (χ2n) is 5.70. The number of amides is 1. The van der Waals surface area contributed by atoms with Crippen LogP contribution in [0.15, 0.2) is 40.8 Å². The minimum atomic E-state index is -1.15. The van der Waals surface area contributed by atoms with Gasteiger partial charge in [-0.3, -0.25) is 4.79 Å². The van der Waals surface area contributed by atoms with E-state index >= 15 is 0 Å². The Morgan fingerprint density at radius 3 is 2.80 bits per heavy atom. The van der Waals surface area contributed by atoms with Crippen molar-refractivity contribution in [3.63, 3.8) is 0 Å². The molecule has 1 aromatic heterocycles. The molecular weight excluding hydrogens is 326 g/mol. The van der Waals surface area contributed by atoms with E-state index < -0.39 is 5.97 Å². The summed E-state index contributed by atoms with van der Waals surface area (Å²) in [7, 11) is 0. The molecule has 1 aliphatic rings. The summed E-state index contributed by atoms with van der Waals surface area (Å²) in [6.45, 7) is 1.24. The fourth-order valence-electron chi connectivity index (χ4n) is 2.59. The molecule has 1 atom stereocenters. The molecule has 0 aliphatic carbocycles. The molecule has 2 N–H and O–H groups in total. The molecule has 1 fully saturated rings. The Morgan fingerprint density at radius 1 is 1.24 bits per heavy atom. The number of nitrogens with one attached hydrogen (secondary N) is 1. The number of furan rings is 1. The fraction of sp³-hybridized carbons (Fsp3) is 0.333. The summed E-state index contributed by atoms with van der Waals surface area (Å²) in [5.74, 6) is -0.782. The van der Waals surface area contributed by atoms with Gasteiger partial charge in [-0.1, -0.05) is 12.1 Å². The van der Waals surface area contributed by atoms with Crippen molar-refractivity contribution in [1.29, 1.82) is 0 Å². The van der Waals surface area contributed by atoms with E-state index in [1.54, 1.807) is 24.3 Å².